The van der Waals surface area contributed by atoms with Gasteiger partial charge in [-0.2, -0.15) is 4.98 Å². The number of nitrogens with one attached hydrogen (secondary N) is 1. The largest absolute Gasteiger partial charge is 0.459 e. The number of halogens is 2. The van der Waals surface area contributed by atoms with Crippen LogP contribution in [0.1, 0.15) is 26.5 Å². The number of nitrogens with two attached hydrogens (primary N) is 1. The van der Waals surface area contributed by atoms with Crippen LogP contribution in [0.3, 0.4) is 0 Å². The van der Waals surface area contributed by atoms with E-state index in [9.17, 15) is 14.0 Å². The molecule has 0 radical (unpaired) electrons. The lowest BCUT2D eigenvalue weighted by molar-refractivity contribution is 0.0714. The molecule has 0 aliphatic carbocycles. The predicted octanol–water partition coefficient (Wildman–Crippen LogP) is 2.34. The van der Waals surface area contributed by atoms with Gasteiger partial charge in [0.2, 0.25) is 5.95 Å². The Hall–Kier alpha value is -3.66. The fourth-order valence-corrected chi connectivity index (χ4v) is 3.51. The molecule has 32 heavy (non-hydrogen) atoms. The highest BCUT2D eigenvalue weighted by atomic mass is 35.5. The van der Waals surface area contributed by atoms with Crippen molar-refractivity contribution in [3.63, 3.8) is 0 Å². The molecule has 0 unspecified atom stereocenters. The number of carbonyl (C=O) groups excluding carboxylic acids is 2. The molecule has 1 aliphatic heterocycles. The number of piperazine rings is 1. The SMILES string of the molecule is Nc1nc(N2CCN(C(=O)c3ccco3)CC2)ncc1C(=O)NCc1ccc(F)c(Cl)c1. The van der Waals surface area contributed by atoms with Crippen LogP contribution in [0.25, 0.3) is 0 Å². The summed E-state index contributed by atoms with van der Waals surface area (Å²) < 4.78 is 18.4. The summed E-state index contributed by atoms with van der Waals surface area (Å²) in [6.07, 6.45) is 2.83. The first-order valence-corrected chi connectivity index (χ1v) is 10.2. The molecule has 3 aromatic rings. The highest BCUT2D eigenvalue weighted by molar-refractivity contribution is 6.30. The molecule has 3 N–H and O–H groups in total. The van der Waals surface area contributed by atoms with Gasteiger partial charge in [0.1, 0.15) is 11.6 Å². The molecule has 4 rings (SSSR count). The Morgan fingerprint density at radius 1 is 1.22 bits per heavy atom. The topological polar surface area (TPSA) is 118 Å². The number of nitrogen functional groups attached to an aromatic ring is 1. The molecule has 166 valence electrons. The Bertz CT molecular complexity index is 1130. The van der Waals surface area contributed by atoms with Gasteiger partial charge in [-0.15, -0.1) is 0 Å². The number of hydrogen-bond acceptors (Lipinski definition) is 7. The fourth-order valence-electron chi connectivity index (χ4n) is 3.31. The molecule has 9 nitrogen and oxygen atoms in total. The molecule has 0 atom stereocenters. The highest BCUT2D eigenvalue weighted by Gasteiger charge is 2.25. The van der Waals surface area contributed by atoms with Gasteiger partial charge in [0, 0.05) is 38.9 Å². The monoisotopic (exact) mass is 458 g/mol. The second-order valence-electron chi connectivity index (χ2n) is 7.16. The number of amides is 2. The lowest BCUT2D eigenvalue weighted by atomic mass is 10.2. The van der Waals surface area contributed by atoms with Gasteiger partial charge in [-0.25, -0.2) is 9.37 Å². The van der Waals surface area contributed by atoms with Crippen molar-refractivity contribution in [2.24, 2.45) is 0 Å². The molecular formula is C21H20ClFN6O3. The van der Waals surface area contributed by atoms with E-state index < -0.39 is 11.7 Å². The number of hydrogen-bond donors (Lipinski definition) is 2. The Kier molecular flexibility index (Phi) is 6.22. The van der Waals surface area contributed by atoms with Gasteiger partial charge >= 0.3 is 0 Å². The zero-order chi connectivity index (χ0) is 22.7. The van der Waals surface area contributed by atoms with Crippen molar-refractivity contribution in [1.82, 2.24) is 20.2 Å². The van der Waals surface area contributed by atoms with Crippen molar-refractivity contribution in [1.29, 1.82) is 0 Å². The zero-order valence-electron chi connectivity index (χ0n) is 16.9. The normalized spacial score (nSPS) is 13.8. The number of carbonyl (C=O) groups is 2. The molecule has 1 aliphatic rings. The average molecular weight is 459 g/mol. The minimum atomic E-state index is -0.527. The first-order chi connectivity index (χ1) is 15.4. The van der Waals surface area contributed by atoms with Crippen LogP contribution in [-0.4, -0.2) is 52.9 Å². The summed E-state index contributed by atoms with van der Waals surface area (Å²) in [5, 5.41) is 2.67. The smallest absolute Gasteiger partial charge is 0.289 e. The van der Waals surface area contributed by atoms with Crippen LogP contribution in [0.5, 0.6) is 0 Å². The van der Waals surface area contributed by atoms with Gasteiger partial charge in [-0.1, -0.05) is 17.7 Å². The highest BCUT2D eigenvalue weighted by Crippen LogP contribution is 2.18. The number of anilines is 2. The van der Waals surface area contributed by atoms with Crippen LogP contribution >= 0.6 is 11.6 Å². The number of aromatic nitrogens is 2. The van der Waals surface area contributed by atoms with Crippen molar-refractivity contribution in [2.45, 2.75) is 6.54 Å². The van der Waals surface area contributed by atoms with Crippen molar-refractivity contribution < 1.29 is 18.4 Å². The molecule has 3 heterocycles. The maximum atomic E-state index is 13.3. The second kappa shape index (κ2) is 9.23. The van der Waals surface area contributed by atoms with Crippen molar-refractivity contribution >= 4 is 35.2 Å². The van der Waals surface area contributed by atoms with Crippen LogP contribution in [-0.2, 0) is 6.54 Å². The first-order valence-electron chi connectivity index (χ1n) is 9.85. The van der Waals surface area contributed by atoms with E-state index in [1.165, 1.54) is 30.7 Å². The Balaban J connectivity index is 1.35. The van der Waals surface area contributed by atoms with Crippen LogP contribution in [0.4, 0.5) is 16.2 Å². The molecule has 0 spiro atoms. The Labute approximate surface area is 188 Å². The summed E-state index contributed by atoms with van der Waals surface area (Å²) in [6.45, 7) is 2.13. The Morgan fingerprint density at radius 3 is 2.66 bits per heavy atom. The van der Waals surface area contributed by atoms with Gasteiger partial charge in [-0.05, 0) is 29.8 Å². The van der Waals surface area contributed by atoms with Gasteiger partial charge in [0.15, 0.2) is 5.76 Å². The molecule has 1 fully saturated rings. The summed E-state index contributed by atoms with van der Waals surface area (Å²) in [7, 11) is 0. The predicted molar refractivity (Wildman–Crippen MR) is 116 cm³/mol. The number of rotatable bonds is 5. The first kappa shape index (κ1) is 21.6. The standard InChI is InChI=1S/C21H20ClFN6O3/c22-15-10-13(3-4-16(15)23)11-25-19(30)14-12-26-21(27-18(14)24)29-7-5-28(6-8-29)20(31)17-2-1-9-32-17/h1-4,9-10,12H,5-8,11H2,(H,25,30)(H2,24,26,27). The third kappa shape index (κ3) is 4.65. The number of furan rings is 1. The number of benzene rings is 1. The van der Waals surface area contributed by atoms with E-state index in [4.69, 9.17) is 21.8 Å². The fraction of sp³-hybridized carbons (Fsp3) is 0.238. The van der Waals surface area contributed by atoms with Crippen LogP contribution in [0.15, 0.2) is 47.2 Å². The molecule has 0 saturated carbocycles. The van der Waals surface area contributed by atoms with E-state index in [2.05, 4.69) is 15.3 Å². The summed E-state index contributed by atoms with van der Waals surface area (Å²) >= 11 is 5.76. The van der Waals surface area contributed by atoms with E-state index in [-0.39, 0.29) is 28.9 Å². The molecular weight excluding hydrogens is 439 g/mol. The lowest BCUT2D eigenvalue weighted by Gasteiger charge is -2.34. The third-order valence-electron chi connectivity index (χ3n) is 5.07. The summed E-state index contributed by atoms with van der Waals surface area (Å²) in [6, 6.07) is 7.51. The van der Waals surface area contributed by atoms with Crippen molar-refractivity contribution in [2.75, 3.05) is 36.8 Å². The lowest BCUT2D eigenvalue weighted by Crippen LogP contribution is -2.49. The van der Waals surface area contributed by atoms with E-state index in [0.717, 1.165) is 0 Å². The van der Waals surface area contributed by atoms with Gasteiger partial charge < -0.3 is 25.3 Å². The summed E-state index contributed by atoms with van der Waals surface area (Å²) in [5.74, 6) is -0.417. The minimum Gasteiger partial charge on any atom is -0.459 e. The molecule has 1 aromatic carbocycles. The zero-order valence-corrected chi connectivity index (χ0v) is 17.7. The summed E-state index contributed by atoms with van der Waals surface area (Å²) in [5.41, 5.74) is 6.77. The average Bonchev–Trinajstić information content (AvgIpc) is 3.34. The van der Waals surface area contributed by atoms with Crippen molar-refractivity contribution in [3.8, 4) is 0 Å². The van der Waals surface area contributed by atoms with Crippen LogP contribution < -0.4 is 16.0 Å². The van der Waals surface area contributed by atoms with Crippen molar-refractivity contribution in [3.05, 3.63) is 70.5 Å². The molecule has 2 aromatic heterocycles. The molecule has 1 saturated heterocycles. The van der Waals surface area contributed by atoms with Crippen LogP contribution in [0, 0.1) is 5.82 Å². The molecule has 0 bridgehead atoms. The van der Waals surface area contributed by atoms with E-state index in [0.29, 0.717) is 43.5 Å². The van der Waals surface area contributed by atoms with E-state index >= 15 is 0 Å². The molecule has 11 heteroatoms. The summed E-state index contributed by atoms with van der Waals surface area (Å²) in [4.78, 5) is 36.9. The maximum absolute atomic E-state index is 13.3. The maximum Gasteiger partial charge on any atom is 0.289 e. The third-order valence-corrected chi connectivity index (χ3v) is 5.36. The van der Waals surface area contributed by atoms with E-state index in [1.54, 1.807) is 17.0 Å². The van der Waals surface area contributed by atoms with Gasteiger partial charge in [0.25, 0.3) is 11.8 Å². The van der Waals surface area contributed by atoms with Crippen LogP contribution in [0.2, 0.25) is 5.02 Å². The Morgan fingerprint density at radius 2 is 2.00 bits per heavy atom. The minimum absolute atomic E-state index is 0.0186. The molecule has 2 amide bonds. The van der Waals surface area contributed by atoms with Gasteiger partial charge in [0.05, 0.1) is 16.8 Å². The quantitative estimate of drug-likeness (QED) is 0.602. The van der Waals surface area contributed by atoms with E-state index in [1.807, 2.05) is 4.90 Å². The number of nitrogens with zero attached hydrogens (tertiary/aromatic N) is 4. The second-order valence-corrected chi connectivity index (χ2v) is 7.56. The van der Waals surface area contributed by atoms with Gasteiger partial charge in [-0.3, -0.25) is 9.59 Å².